The Kier molecular flexibility index (Phi) is 5.65. The van der Waals surface area contributed by atoms with Crippen molar-refractivity contribution in [2.45, 2.75) is 31.2 Å². The Hall–Kier alpha value is -3.10. The summed E-state index contributed by atoms with van der Waals surface area (Å²) in [6, 6.07) is 13.1. The van der Waals surface area contributed by atoms with E-state index in [1.165, 1.54) is 29.8 Å². The average Bonchev–Trinajstić information content (AvgIpc) is 3.57. The fraction of sp³-hybridized carbons (Fsp3) is 0.407. The maximum Gasteiger partial charge on any atom is 0.298 e. The Morgan fingerprint density at radius 1 is 1.03 bits per heavy atom. The van der Waals surface area contributed by atoms with Gasteiger partial charge in [-0.1, -0.05) is 12.1 Å². The summed E-state index contributed by atoms with van der Waals surface area (Å²) in [6.45, 7) is 3.85. The Morgan fingerprint density at radius 3 is 2.37 bits per heavy atom. The Labute approximate surface area is 202 Å². The van der Waals surface area contributed by atoms with E-state index in [1.54, 1.807) is 22.9 Å². The van der Waals surface area contributed by atoms with Gasteiger partial charge in [-0.25, -0.2) is 13.8 Å². The molecule has 2 aliphatic heterocycles. The monoisotopic (exact) mass is 478 g/mol. The number of anilines is 1. The first-order chi connectivity index (χ1) is 17.0. The van der Waals surface area contributed by atoms with Gasteiger partial charge in [-0.2, -0.15) is 0 Å². The van der Waals surface area contributed by atoms with Gasteiger partial charge in [0.25, 0.3) is 5.56 Å². The first kappa shape index (κ1) is 22.4. The number of hydrogen-bond donors (Lipinski definition) is 1. The number of benzene rings is 2. The highest BCUT2D eigenvalue weighted by molar-refractivity contribution is 5.46. The minimum atomic E-state index is -0.337. The molecule has 1 spiro atoms. The van der Waals surface area contributed by atoms with Gasteiger partial charge >= 0.3 is 0 Å². The Bertz CT molecular complexity index is 1260. The molecule has 6 rings (SSSR count). The normalized spacial score (nSPS) is 22.1. The van der Waals surface area contributed by atoms with E-state index in [-0.39, 0.29) is 22.6 Å². The maximum absolute atomic E-state index is 13.5. The molecule has 2 saturated heterocycles. The first-order valence-electron chi connectivity index (χ1n) is 12.2. The molecule has 3 fully saturated rings. The number of nitrogens with zero attached hydrogens (tertiary/aromatic N) is 3. The first-order valence-corrected chi connectivity index (χ1v) is 12.2. The zero-order valence-electron chi connectivity index (χ0n) is 19.4. The van der Waals surface area contributed by atoms with Gasteiger partial charge in [-0.05, 0) is 67.8 Å². The molecular formula is C27H28F2N4O2. The summed E-state index contributed by atoms with van der Waals surface area (Å²) < 4.78 is 33.6. The van der Waals surface area contributed by atoms with Crippen LogP contribution in [0.1, 0.15) is 30.0 Å². The van der Waals surface area contributed by atoms with Crippen LogP contribution in [0.25, 0.3) is 5.69 Å². The molecule has 1 aromatic heterocycles. The largest absolute Gasteiger partial charge is 0.380 e. The topological polar surface area (TPSA) is 59.4 Å². The van der Waals surface area contributed by atoms with Gasteiger partial charge in [-0.3, -0.25) is 9.36 Å². The van der Waals surface area contributed by atoms with Crippen LogP contribution in [0.5, 0.6) is 0 Å². The lowest BCUT2D eigenvalue weighted by Gasteiger charge is -2.55. The fourth-order valence-corrected chi connectivity index (χ4v) is 5.19. The Morgan fingerprint density at radius 2 is 1.71 bits per heavy atom. The molecule has 3 aliphatic rings. The van der Waals surface area contributed by atoms with E-state index in [1.807, 2.05) is 17.0 Å². The van der Waals surface area contributed by atoms with Crippen LogP contribution in [0.2, 0.25) is 0 Å². The molecule has 1 saturated carbocycles. The lowest BCUT2D eigenvalue weighted by Crippen LogP contribution is -2.67. The van der Waals surface area contributed by atoms with E-state index in [4.69, 9.17) is 9.72 Å². The molecule has 182 valence electrons. The highest BCUT2D eigenvalue weighted by atomic mass is 19.1. The van der Waals surface area contributed by atoms with Crippen LogP contribution in [-0.4, -0.2) is 48.4 Å². The van der Waals surface area contributed by atoms with Gasteiger partial charge < -0.3 is 15.0 Å². The van der Waals surface area contributed by atoms with Crippen LogP contribution in [0.15, 0.2) is 59.5 Å². The van der Waals surface area contributed by atoms with Crippen LogP contribution >= 0.6 is 0 Å². The summed E-state index contributed by atoms with van der Waals surface area (Å²) in [5, 5.41) is 3.58. The number of aromatic nitrogens is 2. The summed E-state index contributed by atoms with van der Waals surface area (Å²) in [5.74, 6) is 0.351. The van der Waals surface area contributed by atoms with Gasteiger partial charge in [0.2, 0.25) is 0 Å². The second-order valence-corrected chi connectivity index (χ2v) is 10.1. The molecule has 2 atom stereocenters. The highest BCUT2D eigenvalue weighted by Gasteiger charge is 2.50. The van der Waals surface area contributed by atoms with Gasteiger partial charge in [0.1, 0.15) is 11.6 Å². The van der Waals surface area contributed by atoms with E-state index in [2.05, 4.69) is 5.32 Å². The summed E-state index contributed by atoms with van der Waals surface area (Å²) in [7, 11) is 0. The van der Waals surface area contributed by atoms with Crippen LogP contribution < -0.4 is 15.8 Å². The minimum Gasteiger partial charge on any atom is -0.380 e. The fourth-order valence-electron chi connectivity index (χ4n) is 5.19. The number of nitrogens with one attached hydrogen (secondary N) is 1. The van der Waals surface area contributed by atoms with Crippen LogP contribution in [-0.2, 0) is 11.2 Å². The number of halogens is 2. The van der Waals surface area contributed by atoms with Gasteiger partial charge in [0, 0.05) is 36.9 Å². The molecule has 8 heteroatoms. The predicted molar refractivity (Wildman–Crippen MR) is 129 cm³/mol. The summed E-state index contributed by atoms with van der Waals surface area (Å²) in [5.41, 5.74) is 2.61. The average molecular weight is 479 g/mol. The molecule has 3 aromatic rings. The van der Waals surface area contributed by atoms with E-state index < -0.39 is 0 Å². The molecule has 35 heavy (non-hydrogen) atoms. The second-order valence-electron chi connectivity index (χ2n) is 10.1. The third kappa shape index (κ3) is 4.48. The zero-order chi connectivity index (χ0) is 24.0. The van der Waals surface area contributed by atoms with Crippen LogP contribution in [0.4, 0.5) is 14.6 Å². The molecule has 0 amide bonds. The maximum atomic E-state index is 13.5. The van der Waals surface area contributed by atoms with E-state index in [9.17, 15) is 13.6 Å². The molecule has 2 aromatic carbocycles. The highest BCUT2D eigenvalue weighted by Crippen LogP contribution is 2.41. The molecule has 0 radical (unpaired) electrons. The third-order valence-corrected chi connectivity index (χ3v) is 7.32. The summed E-state index contributed by atoms with van der Waals surface area (Å²) >= 11 is 0. The van der Waals surface area contributed by atoms with Crippen molar-refractivity contribution in [1.29, 1.82) is 0 Å². The molecule has 0 unspecified atom stereocenters. The number of hydrogen-bond acceptors (Lipinski definition) is 5. The number of aryl methyl sites for hydroxylation is 1. The van der Waals surface area contributed by atoms with Crippen molar-refractivity contribution >= 4 is 5.82 Å². The molecular weight excluding hydrogens is 450 g/mol. The third-order valence-electron chi connectivity index (χ3n) is 7.32. The summed E-state index contributed by atoms with van der Waals surface area (Å²) in [6.07, 6.45) is 4.43. The smallest absolute Gasteiger partial charge is 0.298 e. The van der Waals surface area contributed by atoms with Crippen LogP contribution in [0, 0.1) is 17.0 Å². The molecule has 0 bridgehead atoms. The van der Waals surface area contributed by atoms with Crippen molar-refractivity contribution in [3.05, 3.63) is 88.0 Å². The van der Waals surface area contributed by atoms with Crippen LogP contribution in [0.3, 0.4) is 0 Å². The molecule has 1 N–H and O–H groups in total. The van der Waals surface area contributed by atoms with E-state index >= 15 is 0 Å². The standard InChI is InChI=1S/C27H28F2N4O2/c28-19-5-3-18(4-6-19)23-12-24(23)30-11-1-2-21-13-33(22-9-7-20(29)8-10-22)26(34)25(31-21)32-14-27(15-32)16-35-17-27/h3-10,13,23-24,30H,1-2,11-12,14-17H2/t23-,24+/m0/s1. The lowest BCUT2D eigenvalue weighted by molar-refractivity contribution is -0.127. The zero-order valence-corrected chi connectivity index (χ0v) is 19.4. The van der Waals surface area contributed by atoms with Crippen molar-refractivity contribution in [1.82, 2.24) is 14.9 Å². The van der Waals surface area contributed by atoms with Crippen molar-refractivity contribution in [2.75, 3.05) is 37.7 Å². The second kappa shape index (κ2) is 8.84. The number of ether oxygens (including phenoxy) is 1. The van der Waals surface area contributed by atoms with Crippen molar-refractivity contribution < 1.29 is 13.5 Å². The predicted octanol–water partition coefficient (Wildman–Crippen LogP) is 3.43. The van der Waals surface area contributed by atoms with Crippen molar-refractivity contribution in [3.63, 3.8) is 0 Å². The van der Waals surface area contributed by atoms with E-state index in [0.29, 0.717) is 23.5 Å². The summed E-state index contributed by atoms with van der Waals surface area (Å²) in [4.78, 5) is 20.0. The Balaban J connectivity index is 1.13. The number of rotatable bonds is 8. The van der Waals surface area contributed by atoms with Gasteiger partial charge in [-0.15, -0.1) is 0 Å². The molecule has 6 nitrogen and oxygen atoms in total. The van der Waals surface area contributed by atoms with Gasteiger partial charge in [0.05, 0.1) is 24.3 Å². The van der Waals surface area contributed by atoms with Crippen molar-refractivity contribution in [3.8, 4) is 5.69 Å². The molecule has 1 aliphatic carbocycles. The minimum absolute atomic E-state index is 0.167. The quantitative estimate of drug-likeness (QED) is 0.503. The molecule has 3 heterocycles. The van der Waals surface area contributed by atoms with E-state index in [0.717, 1.165) is 57.8 Å². The lowest BCUT2D eigenvalue weighted by atomic mass is 9.78. The SMILES string of the molecule is O=c1c(N2CC3(COC3)C2)nc(CCCN[C@@H]2C[C@H]2c2ccc(F)cc2)cn1-c1ccc(F)cc1. The van der Waals surface area contributed by atoms with Crippen molar-refractivity contribution in [2.24, 2.45) is 5.41 Å². The van der Waals surface area contributed by atoms with Gasteiger partial charge in [0.15, 0.2) is 5.82 Å².